The second kappa shape index (κ2) is 7.65. The van der Waals surface area contributed by atoms with Gasteiger partial charge in [-0.1, -0.05) is 31.8 Å². The molecule has 3 nitrogen and oxygen atoms in total. The van der Waals surface area contributed by atoms with Crippen LogP contribution in [0.4, 0.5) is 0 Å². The molecule has 4 aliphatic rings. The van der Waals surface area contributed by atoms with Crippen molar-refractivity contribution >= 4 is 14.0 Å². The second-order valence-electron chi connectivity index (χ2n) is 12.3. The molecule has 4 aliphatic carbocycles. The van der Waals surface area contributed by atoms with Gasteiger partial charge in [-0.25, -0.2) is 0 Å². The van der Waals surface area contributed by atoms with Gasteiger partial charge in [-0.2, -0.15) is 0 Å². The standard InChI is InChI=1S/C25H45NO2Si/c1-17(28-29(5,6)7)20-13-14-21-19-12-11-18-10-8-9-15-24(18,2)23(19)22(26-27-4)16-25(20,21)3/h17-21,23H,8-16H2,1-7H3/t17-,18-,19?,20-,21?,23?,24+,25-/m1/s1. The van der Waals surface area contributed by atoms with E-state index in [1.54, 1.807) is 7.11 Å². The van der Waals surface area contributed by atoms with Gasteiger partial charge in [0, 0.05) is 12.0 Å². The molecule has 0 amide bonds. The highest BCUT2D eigenvalue weighted by atomic mass is 28.4. The summed E-state index contributed by atoms with van der Waals surface area (Å²) >= 11 is 0. The molecule has 0 aromatic heterocycles. The van der Waals surface area contributed by atoms with Crippen molar-refractivity contribution in [2.75, 3.05) is 7.11 Å². The van der Waals surface area contributed by atoms with Crippen LogP contribution in [0.15, 0.2) is 5.16 Å². The van der Waals surface area contributed by atoms with Gasteiger partial charge in [-0.05, 0) is 106 Å². The van der Waals surface area contributed by atoms with E-state index in [1.165, 1.54) is 57.1 Å². The third-order valence-electron chi connectivity index (χ3n) is 9.67. The van der Waals surface area contributed by atoms with Crippen molar-refractivity contribution in [1.82, 2.24) is 0 Å². The van der Waals surface area contributed by atoms with Crippen LogP contribution >= 0.6 is 0 Å². The van der Waals surface area contributed by atoms with Gasteiger partial charge in [0.15, 0.2) is 8.32 Å². The quantitative estimate of drug-likeness (QED) is 0.367. The number of rotatable bonds is 4. The van der Waals surface area contributed by atoms with Gasteiger partial charge in [-0.15, -0.1) is 0 Å². The lowest BCUT2D eigenvalue weighted by atomic mass is 9.44. The zero-order chi connectivity index (χ0) is 21.0. The first-order chi connectivity index (χ1) is 13.6. The molecule has 8 atom stereocenters. The molecule has 0 spiro atoms. The van der Waals surface area contributed by atoms with Crippen molar-refractivity contribution in [1.29, 1.82) is 0 Å². The van der Waals surface area contributed by atoms with E-state index < -0.39 is 8.32 Å². The third-order valence-corrected chi connectivity index (χ3v) is 10.8. The number of hydrogen-bond acceptors (Lipinski definition) is 3. The first-order valence-corrected chi connectivity index (χ1v) is 15.8. The van der Waals surface area contributed by atoms with E-state index in [-0.39, 0.29) is 0 Å². The Morgan fingerprint density at radius 3 is 2.45 bits per heavy atom. The van der Waals surface area contributed by atoms with Gasteiger partial charge in [0.2, 0.25) is 0 Å². The fourth-order valence-corrected chi connectivity index (χ4v) is 10.1. The maximum atomic E-state index is 6.64. The number of fused-ring (bicyclic) bond motifs is 5. The van der Waals surface area contributed by atoms with Crippen molar-refractivity contribution in [2.45, 2.75) is 104 Å². The van der Waals surface area contributed by atoms with E-state index in [1.807, 2.05) is 0 Å². The van der Waals surface area contributed by atoms with E-state index in [4.69, 9.17) is 14.4 Å². The van der Waals surface area contributed by atoms with Crippen molar-refractivity contribution < 1.29 is 9.26 Å². The average molecular weight is 420 g/mol. The smallest absolute Gasteiger partial charge is 0.184 e. The Morgan fingerprint density at radius 2 is 1.76 bits per heavy atom. The molecular formula is C25H45NO2Si. The molecule has 0 radical (unpaired) electrons. The van der Waals surface area contributed by atoms with Crippen molar-refractivity contribution in [3.63, 3.8) is 0 Å². The molecule has 0 aliphatic heterocycles. The highest BCUT2D eigenvalue weighted by molar-refractivity contribution is 6.69. The molecule has 4 heteroatoms. The lowest BCUT2D eigenvalue weighted by Gasteiger charge is -2.60. The zero-order valence-corrected chi connectivity index (χ0v) is 21.1. The van der Waals surface area contributed by atoms with Crippen LogP contribution < -0.4 is 0 Å². The number of oxime groups is 1. The fraction of sp³-hybridized carbons (Fsp3) is 0.960. The summed E-state index contributed by atoms with van der Waals surface area (Å²) in [6.07, 6.45) is 12.7. The minimum absolute atomic E-state index is 0.315. The van der Waals surface area contributed by atoms with E-state index in [0.717, 1.165) is 24.2 Å². The molecule has 4 fully saturated rings. The largest absolute Gasteiger partial charge is 0.415 e. The molecule has 3 unspecified atom stereocenters. The first-order valence-electron chi connectivity index (χ1n) is 12.4. The predicted molar refractivity (Wildman–Crippen MR) is 124 cm³/mol. The molecule has 0 aromatic rings. The van der Waals surface area contributed by atoms with Crippen molar-refractivity contribution in [3.8, 4) is 0 Å². The predicted octanol–water partition coefficient (Wildman–Crippen LogP) is 6.89. The van der Waals surface area contributed by atoms with Crippen LogP contribution in [-0.4, -0.2) is 27.2 Å². The van der Waals surface area contributed by atoms with Crippen LogP contribution in [0.25, 0.3) is 0 Å². The van der Waals surface area contributed by atoms with Crippen molar-refractivity contribution in [3.05, 3.63) is 0 Å². The van der Waals surface area contributed by atoms with Gasteiger partial charge < -0.3 is 9.26 Å². The summed E-state index contributed by atoms with van der Waals surface area (Å²) in [6, 6.07) is 0. The topological polar surface area (TPSA) is 30.8 Å². The average Bonchev–Trinajstić information content (AvgIpc) is 2.96. The van der Waals surface area contributed by atoms with E-state index >= 15 is 0 Å². The van der Waals surface area contributed by atoms with Gasteiger partial charge in [0.1, 0.15) is 7.11 Å². The van der Waals surface area contributed by atoms with Gasteiger partial charge >= 0.3 is 0 Å². The number of hydrogen-bond donors (Lipinski definition) is 0. The SMILES string of the molecule is CON=C1C[C@@]2(C)C(CC[C@@H]2[C@@H](C)O[Si](C)(C)C)C2CC[C@H]3CCCC[C@]3(C)C12. The lowest BCUT2D eigenvalue weighted by molar-refractivity contribution is -0.0683. The Kier molecular flexibility index (Phi) is 5.77. The third kappa shape index (κ3) is 3.64. The van der Waals surface area contributed by atoms with Crippen LogP contribution in [0.1, 0.15) is 78.6 Å². The summed E-state index contributed by atoms with van der Waals surface area (Å²) < 4.78 is 6.64. The summed E-state index contributed by atoms with van der Waals surface area (Å²) in [6.45, 7) is 14.5. The monoisotopic (exact) mass is 419 g/mol. The zero-order valence-electron chi connectivity index (χ0n) is 20.1. The van der Waals surface area contributed by atoms with E-state index in [0.29, 0.717) is 28.8 Å². The molecule has 4 saturated carbocycles. The Balaban J connectivity index is 1.67. The molecule has 166 valence electrons. The molecular weight excluding hydrogens is 374 g/mol. The normalized spacial score (nSPS) is 47.3. The second-order valence-corrected chi connectivity index (χ2v) is 16.8. The van der Waals surface area contributed by atoms with Gasteiger partial charge in [-0.3, -0.25) is 0 Å². The summed E-state index contributed by atoms with van der Waals surface area (Å²) in [7, 11) is 0.219. The molecule has 0 N–H and O–H groups in total. The lowest BCUT2D eigenvalue weighted by Crippen LogP contribution is -2.57. The molecule has 0 saturated heterocycles. The molecule has 0 bridgehead atoms. The van der Waals surface area contributed by atoms with E-state index in [2.05, 4.69) is 40.4 Å². The first kappa shape index (κ1) is 21.9. The number of nitrogens with zero attached hydrogens (tertiary/aromatic N) is 1. The molecule has 29 heavy (non-hydrogen) atoms. The summed E-state index contributed by atoms with van der Waals surface area (Å²) in [5.41, 5.74) is 2.16. The maximum absolute atomic E-state index is 6.64. The summed E-state index contributed by atoms with van der Waals surface area (Å²) in [5.74, 6) is 3.83. The van der Waals surface area contributed by atoms with Gasteiger partial charge in [0.05, 0.1) is 5.71 Å². The van der Waals surface area contributed by atoms with Crippen LogP contribution in [0.2, 0.25) is 19.6 Å². The van der Waals surface area contributed by atoms with Gasteiger partial charge in [0.25, 0.3) is 0 Å². The highest BCUT2D eigenvalue weighted by Crippen LogP contribution is 2.67. The minimum Gasteiger partial charge on any atom is -0.415 e. The summed E-state index contributed by atoms with van der Waals surface area (Å²) in [4.78, 5) is 5.49. The molecule has 0 heterocycles. The minimum atomic E-state index is -1.53. The maximum Gasteiger partial charge on any atom is 0.184 e. The van der Waals surface area contributed by atoms with Crippen LogP contribution in [-0.2, 0) is 9.26 Å². The van der Waals surface area contributed by atoms with Crippen LogP contribution in [0, 0.1) is 40.4 Å². The van der Waals surface area contributed by atoms with Crippen LogP contribution in [0.3, 0.4) is 0 Å². The Labute approximate surface area is 180 Å². The highest BCUT2D eigenvalue weighted by Gasteiger charge is 2.62. The Morgan fingerprint density at radius 1 is 1.00 bits per heavy atom. The van der Waals surface area contributed by atoms with E-state index in [9.17, 15) is 0 Å². The van der Waals surface area contributed by atoms with Crippen molar-refractivity contribution in [2.24, 2.45) is 45.6 Å². The Bertz CT molecular complexity index is 643. The molecule has 4 rings (SSSR count). The Hall–Kier alpha value is -0.353. The molecule has 0 aromatic carbocycles. The fourth-order valence-electron chi connectivity index (χ4n) is 8.80. The summed E-state index contributed by atoms with van der Waals surface area (Å²) in [5, 5.41) is 4.76. The van der Waals surface area contributed by atoms with Crippen LogP contribution in [0.5, 0.6) is 0 Å².